The number of thiocarbonyl (C=S) groups is 1. The van der Waals surface area contributed by atoms with Crippen LogP contribution in [0.2, 0.25) is 5.02 Å². The van der Waals surface area contributed by atoms with Gasteiger partial charge in [0.05, 0.1) is 0 Å². The van der Waals surface area contributed by atoms with Crippen molar-refractivity contribution in [1.82, 2.24) is 4.90 Å². The summed E-state index contributed by atoms with van der Waals surface area (Å²) in [5, 5.41) is 0.773. The predicted molar refractivity (Wildman–Crippen MR) is 124 cm³/mol. The first-order valence-corrected chi connectivity index (χ1v) is 10.5. The summed E-state index contributed by atoms with van der Waals surface area (Å²) < 4.78 is 5.87. The highest BCUT2D eigenvalue weighted by atomic mass is 35.5. The highest BCUT2D eigenvalue weighted by molar-refractivity contribution is 7.80. The molecule has 0 unspecified atom stereocenters. The SMILES string of the molecule is S=C(c1ccc(OCc2ccccc2)cc1)N1CCN(c2cccc(Cl)c2)CC1. The Kier molecular flexibility index (Phi) is 6.33. The Bertz CT molecular complexity index is 954. The van der Waals surface area contributed by atoms with Gasteiger partial charge in [0, 0.05) is 42.5 Å². The number of piperazine rings is 1. The van der Waals surface area contributed by atoms with Crippen LogP contribution in [0.1, 0.15) is 11.1 Å². The van der Waals surface area contributed by atoms with E-state index in [9.17, 15) is 0 Å². The number of ether oxygens (including phenoxy) is 1. The van der Waals surface area contributed by atoms with Crippen LogP contribution in [0.4, 0.5) is 5.69 Å². The maximum Gasteiger partial charge on any atom is 0.119 e. The molecule has 0 radical (unpaired) electrons. The van der Waals surface area contributed by atoms with Crippen molar-refractivity contribution in [1.29, 1.82) is 0 Å². The first-order chi connectivity index (χ1) is 14.2. The molecule has 1 fully saturated rings. The van der Waals surface area contributed by atoms with E-state index in [2.05, 4.69) is 28.0 Å². The number of anilines is 1. The highest BCUT2D eigenvalue weighted by Gasteiger charge is 2.20. The molecule has 1 aliphatic rings. The van der Waals surface area contributed by atoms with Crippen LogP contribution < -0.4 is 9.64 Å². The van der Waals surface area contributed by atoms with Crippen molar-refractivity contribution < 1.29 is 4.74 Å². The second-order valence-electron chi connectivity index (χ2n) is 7.06. The molecule has 148 valence electrons. The number of hydrogen-bond acceptors (Lipinski definition) is 3. The quantitative estimate of drug-likeness (QED) is 0.510. The monoisotopic (exact) mass is 422 g/mol. The van der Waals surface area contributed by atoms with Gasteiger partial charge in [0.25, 0.3) is 0 Å². The van der Waals surface area contributed by atoms with Gasteiger partial charge in [0.1, 0.15) is 17.3 Å². The summed E-state index contributed by atoms with van der Waals surface area (Å²) in [6.45, 7) is 4.23. The Labute approximate surface area is 182 Å². The Morgan fingerprint density at radius 3 is 2.28 bits per heavy atom. The average molecular weight is 423 g/mol. The lowest BCUT2D eigenvalue weighted by Crippen LogP contribution is -2.48. The molecule has 1 heterocycles. The van der Waals surface area contributed by atoms with E-state index in [0.717, 1.165) is 53.1 Å². The largest absolute Gasteiger partial charge is 0.489 e. The standard InChI is InChI=1S/C24H23ClN2OS/c25-21-7-4-8-22(17-21)26-13-15-27(16-14-26)24(29)20-9-11-23(12-10-20)28-18-19-5-2-1-3-6-19/h1-12,17H,13-16,18H2. The molecule has 0 aromatic heterocycles. The van der Waals surface area contributed by atoms with Gasteiger partial charge in [-0.3, -0.25) is 0 Å². The summed E-state index contributed by atoms with van der Waals surface area (Å²) in [4.78, 5) is 5.52. The van der Waals surface area contributed by atoms with Crippen LogP contribution in [0.3, 0.4) is 0 Å². The van der Waals surface area contributed by atoms with E-state index >= 15 is 0 Å². The second kappa shape index (κ2) is 9.29. The topological polar surface area (TPSA) is 15.7 Å². The van der Waals surface area contributed by atoms with Crippen LogP contribution in [0.5, 0.6) is 5.75 Å². The fourth-order valence-electron chi connectivity index (χ4n) is 3.46. The molecule has 0 spiro atoms. The molecule has 0 atom stereocenters. The molecular formula is C24H23ClN2OS. The zero-order valence-electron chi connectivity index (χ0n) is 16.1. The van der Waals surface area contributed by atoms with E-state index in [-0.39, 0.29) is 0 Å². The summed E-state index contributed by atoms with van der Waals surface area (Å²) in [6, 6.07) is 26.3. The van der Waals surface area contributed by atoms with Crippen molar-refractivity contribution in [2.75, 3.05) is 31.1 Å². The van der Waals surface area contributed by atoms with Gasteiger partial charge in [-0.15, -0.1) is 0 Å². The molecule has 3 aromatic carbocycles. The van der Waals surface area contributed by atoms with Crippen LogP contribution in [-0.4, -0.2) is 36.1 Å². The van der Waals surface area contributed by atoms with Crippen molar-refractivity contribution in [2.24, 2.45) is 0 Å². The maximum atomic E-state index is 6.13. The van der Waals surface area contributed by atoms with Gasteiger partial charge in [0.2, 0.25) is 0 Å². The van der Waals surface area contributed by atoms with Crippen LogP contribution in [0, 0.1) is 0 Å². The van der Waals surface area contributed by atoms with Crippen molar-refractivity contribution in [3.8, 4) is 5.75 Å². The molecular weight excluding hydrogens is 400 g/mol. The predicted octanol–water partition coefficient (Wildman–Crippen LogP) is 5.42. The number of halogens is 1. The lowest BCUT2D eigenvalue weighted by molar-refractivity contribution is 0.306. The molecule has 4 rings (SSSR count). The maximum absolute atomic E-state index is 6.13. The third-order valence-corrected chi connectivity index (χ3v) is 5.82. The molecule has 0 bridgehead atoms. The minimum absolute atomic E-state index is 0.566. The summed E-state index contributed by atoms with van der Waals surface area (Å²) in [7, 11) is 0. The summed E-state index contributed by atoms with van der Waals surface area (Å²) >= 11 is 11.9. The first kappa shape index (κ1) is 19.7. The fourth-order valence-corrected chi connectivity index (χ4v) is 3.96. The minimum atomic E-state index is 0.566. The lowest BCUT2D eigenvalue weighted by Gasteiger charge is -2.37. The van der Waals surface area contributed by atoms with Gasteiger partial charge in [-0.05, 0) is 48.0 Å². The van der Waals surface area contributed by atoms with Gasteiger partial charge in [-0.2, -0.15) is 0 Å². The Balaban J connectivity index is 1.31. The molecule has 3 aromatic rings. The van der Waals surface area contributed by atoms with Gasteiger partial charge < -0.3 is 14.5 Å². The van der Waals surface area contributed by atoms with Crippen molar-refractivity contribution in [2.45, 2.75) is 6.61 Å². The molecule has 0 amide bonds. The molecule has 3 nitrogen and oxygen atoms in total. The first-order valence-electron chi connectivity index (χ1n) is 9.76. The molecule has 0 aliphatic carbocycles. The zero-order chi connectivity index (χ0) is 20.1. The van der Waals surface area contributed by atoms with E-state index in [4.69, 9.17) is 28.6 Å². The Hall–Kier alpha value is -2.56. The van der Waals surface area contributed by atoms with Crippen molar-refractivity contribution >= 4 is 34.5 Å². The van der Waals surface area contributed by atoms with Crippen LogP contribution in [0.15, 0.2) is 78.9 Å². The van der Waals surface area contributed by atoms with Gasteiger partial charge >= 0.3 is 0 Å². The zero-order valence-corrected chi connectivity index (χ0v) is 17.7. The van der Waals surface area contributed by atoms with Gasteiger partial charge in [0.15, 0.2) is 0 Å². The van der Waals surface area contributed by atoms with Crippen molar-refractivity contribution in [3.05, 3.63) is 95.0 Å². The summed E-state index contributed by atoms with van der Waals surface area (Å²) in [5.41, 5.74) is 3.39. The number of hydrogen-bond donors (Lipinski definition) is 0. The lowest BCUT2D eigenvalue weighted by atomic mass is 10.1. The van der Waals surface area contributed by atoms with Crippen molar-refractivity contribution in [3.63, 3.8) is 0 Å². The Morgan fingerprint density at radius 2 is 1.59 bits per heavy atom. The number of nitrogens with zero attached hydrogens (tertiary/aromatic N) is 2. The second-order valence-corrected chi connectivity index (χ2v) is 7.88. The fraction of sp³-hybridized carbons (Fsp3) is 0.208. The third-order valence-electron chi connectivity index (χ3n) is 5.09. The van der Waals surface area contributed by atoms with E-state index in [1.807, 2.05) is 60.7 Å². The van der Waals surface area contributed by atoms with Crippen LogP contribution in [0.25, 0.3) is 0 Å². The van der Waals surface area contributed by atoms with E-state index in [0.29, 0.717) is 6.61 Å². The third kappa shape index (κ3) is 5.08. The molecule has 5 heteroatoms. The Morgan fingerprint density at radius 1 is 0.862 bits per heavy atom. The molecule has 0 saturated carbocycles. The van der Waals surface area contributed by atoms with E-state index < -0.39 is 0 Å². The molecule has 1 aliphatic heterocycles. The minimum Gasteiger partial charge on any atom is -0.489 e. The highest BCUT2D eigenvalue weighted by Crippen LogP contribution is 2.22. The normalized spacial score (nSPS) is 14.0. The van der Waals surface area contributed by atoms with E-state index in [1.165, 1.54) is 5.69 Å². The van der Waals surface area contributed by atoms with Crippen LogP contribution in [-0.2, 0) is 6.61 Å². The molecule has 29 heavy (non-hydrogen) atoms. The van der Waals surface area contributed by atoms with E-state index in [1.54, 1.807) is 0 Å². The number of benzene rings is 3. The van der Waals surface area contributed by atoms with Crippen LogP contribution >= 0.6 is 23.8 Å². The molecule has 0 N–H and O–H groups in total. The number of rotatable bonds is 5. The average Bonchev–Trinajstić information content (AvgIpc) is 2.78. The molecule has 1 saturated heterocycles. The van der Waals surface area contributed by atoms with Gasteiger partial charge in [-0.1, -0.05) is 60.2 Å². The van der Waals surface area contributed by atoms with Gasteiger partial charge in [-0.25, -0.2) is 0 Å². The smallest absolute Gasteiger partial charge is 0.119 e. The summed E-state index contributed by atoms with van der Waals surface area (Å²) in [5.74, 6) is 0.853. The summed E-state index contributed by atoms with van der Waals surface area (Å²) in [6.07, 6.45) is 0.